The van der Waals surface area contributed by atoms with Gasteiger partial charge in [-0.05, 0) is 25.8 Å². The van der Waals surface area contributed by atoms with Crippen molar-refractivity contribution in [3.63, 3.8) is 0 Å². The molecule has 5 heteroatoms. The van der Waals surface area contributed by atoms with Crippen molar-refractivity contribution in [1.82, 2.24) is 0 Å². The van der Waals surface area contributed by atoms with Gasteiger partial charge < -0.3 is 9.47 Å². The molecular formula is C12H12ClNO3. The number of allylic oxidation sites excluding steroid dienone is 3. The molecular weight excluding hydrogens is 242 g/mol. The van der Waals surface area contributed by atoms with Crippen molar-refractivity contribution in [3.8, 4) is 6.07 Å². The number of nitriles is 1. The Bertz CT molecular complexity index is 475. The van der Waals surface area contributed by atoms with Crippen LogP contribution in [0.5, 0.6) is 0 Å². The summed E-state index contributed by atoms with van der Waals surface area (Å²) in [7, 11) is 1.30. The van der Waals surface area contributed by atoms with Gasteiger partial charge in [-0.25, -0.2) is 4.79 Å². The molecule has 1 aliphatic heterocycles. The SMILES string of the molecule is COC(=O)C1=C(C)OC2=CCCC(Cl)(C#N)C21. The first kappa shape index (κ1) is 12.0. The fraction of sp³-hybridized carbons (Fsp3) is 0.500. The number of alkyl halides is 1. The van der Waals surface area contributed by atoms with Crippen LogP contribution in [0.2, 0.25) is 0 Å². The second-order valence-electron chi connectivity index (χ2n) is 4.12. The number of esters is 1. The van der Waals surface area contributed by atoms with E-state index in [0.717, 1.165) is 0 Å². The molecule has 1 aliphatic carbocycles. The molecule has 2 unspecified atom stereocenters. The third-order valence-electron chi connectivity index (χ3n) is 3.13. The van der Waals surface area contributed by atoms with Crippen LogP contribution in [0.25, 0.3) is 0 Å². The van der Waals surface area contributed by atoms with Crippen LogP contribution in [0.4, 0.5) is 0 Å². The number of hydrogen-bond donors (Lipinski definition) is 0. The molecule has 0 spiro atoms. The largest absolute Gasteiger partial charge is 0.466 e. The predicted octanol–water partition coefficient (Wildman–Crippen LogP) is 2.26. The molecule has 0 aromatic rings. The van der Waals surface area contributed by atoms with Crippen molar-refractivity contribution in [3.05, 3.63) is 23.2 Å². The Balaban J connectivity index is 2.50. The van der Waals surface area contributed by atoms with E-state index < -0.39 is 16.8 Å². The zero-order chi connectivity index (χ0) is 12.6. The van der Waals surface area contributed by atoms with Gasteiger partial charge in [-0.2, -0.15) is 5.26 Å². The normalized spacial score (nSPS) is 31.2. The summed E-state index contributed by atoms with van der Waals surface area (Å²) in [5, 5.41) is 9.22. The first-order chi connectivity index (χ1) is 8.03. The molecule has 4 nitrogen and oxygen atoms in total. The van der Waals surface area contributed by atoms with Crippen LogP contribution in [0, 0.1) is 17.2 Å². The van der Waals surface area contributed by atoms with E-state index in [0.29, 0.717) is 29.9 Å². The molecule has 0 bridgehead atoms. The summed E-state index contributed by atoms with van der Waals surface area (Å²) in [6.07, 6.45) is 3.04. The van der Waals surface area contributed by atoms with Gasteiger partial charge in [-0.15, -0.1) is 11.6 Å². The Morgan fingerprint density at radius 1 is 1.76 bits per heavy atom. The summed E-state index contributed by atoms with van der Waals surface area (Å²) in [6, 6.07) is 2.08. The smallest absolute Gasteiger partial charge is 0.338 e. The highest BCUT2D eigenvalue weighted by Crippen LogP contribution is 2.49. The van der Waals surface area contributed by atoms with Gasteiger partial charge in [0.15, 0.2) is 0 Å². The van der Waals surface area contributed by atoms with E-state index in [1.165, 1.54) is 7.11 Å². The minimum absolute atomic E-state index is 0.356. The van der Waals surface area contributed by atoms with Crippen molar-refractivity contribution in [2.45, 2.75) is 24.6 Å². The molecule has 0 saturated heterocycles. The lowest BCUT2D eigenvalue weighted by Gasteiger charge is -2.30. The van der Waals surface area contributed by atoms with Gasteiger partial charge in [-0.3, -0.25) is 0 Å². The van der Waals surface area contributed by atoms with Crippen LogP contribution in [0.15, 0.2) is 23.2 Å². The molecule has 0 amide bonds. The van der Waals surface area contributed by atoms with Gasteiger partial charge in [0.2, 0.25) is 0 Å². The quantitative estimate of drug-likeness (QED) is 0.531. The van der Waals surface area contributed by atoms with Crippen LogP contribution in [0.3, 0.4) is 0 Å². The fourth-order valence-electron chi connectivity index (χ4n) is 2.31. The molecule has 2 atom stereocenters. The zero-order valence-electron chi connectivity index (χ0n) is 9.62. The number of ether oxygens (including phenoxy) is 2. The molecule has 2 rings (SSSR count). The topological polar surface area (TPSA) is 59.3 Å². The number of halogens is 1. The predicted molar refractivity (Wildman–Crippen MR) is 60.8 cm³/mol. The minimum Gasteiger partial charge on any atom is -0.466 e. The van der Waals surface area contributed by atoms with E-state index in [4.69, 9.17) is 21.1 Å². The maximum atomic E-state index is 11.7. The maximum absolute atomic E-state index is 11.7. The minimum atomic E-state index is -1.12. The van der Waals surface area contributed by atoms with Crippen LogP contribution in [0.1, 0.15) is 19.8 Å². The summed E-state index contributed by atoms with van der Waals surface area (Å²) in [5.41, 5.74) is 0.356. The van der Waals surface area contributed by atoms with Crippen molar-refractivity contribution in [1.29, 1.82) is 5.26 Å². The molecule has 0 saturated carbocycles. The summed E-state index contributed by atoms with van der Waals surface area (Å²) in [6.45, 7) is 1.68. The molecule has 0 fully saturated rings. The van der Waals surface area contributed by atoms with Crippen molar-refractivity contribution >= 4 is 17.6 Å². The Labute approximate surface area is 104 Å². The van der Waals surface area contributed by atoms with Gasteiger partial charge in [0, 0.05) is 0 Å². The first-order valence-corrected chi connectivity index (χ1v) is 5.68. The average molecular weight is 254 g/mol. The number of methoxy groups -OCH3 is 1. The zero-order valence-corrected chi connectivity index (χ0v) is 10.4. The third-order valence-corrected chi connectivity index (χ3v) is 3.62. The second-order valence-corrected chi connectivity index (χ2v) is 4.79. The molecule has 0 N–H and O–H groups in total. The Morgan fingerprint density at radius 3 is 3.06 bits per heavy atom. The van der Waals surface area contributed by atoms with E-state index in [9.17, 15) is 10.1 Å². The summed E-state index contributed by atoms with van der Waals surface area (Å²) < 4.78 is 10.2. The number of nitrogens with zero attached hydrogens (tertiary/aromatic N) is 1. The van der Waals surface area contributed by atoms with Crippen LogP contribution in [-0.2, 0) is 14.3 Å². The molecule has 0 aromatic carbocycles. The number of carbonyl (C=O) groups excluding carboxylic acids is 1. The molecule has 1 heterocycles. The van der Waals surface area contributed by atoms with Gasteiger partial charge in [0.1, 0.15) is 16.4 Å². The molecule has 90 valence electrons. The average Bonchev–Trinajstić information content (AvgIpc) is 2.66. The third kappa shape index (κ3) is 1.71. The lowest BCUT2D eigenvalue weighted by Crippen LogP contribution is -2.36. The number of carbonyl (C=O) groups is 1. The van der Waals surface area contributed by atoms with E-state index in [1.807, 2.05) is 6.08 Å². The molecule has 0 aromatic heterocycles. The van der Waals surface area contributed by atoms with Gasteiger partial charge in [0.05, 0.1) is 24.7 Å². The molecule has 2 aliphatic rings. The fourth-order valence-corrected chi connectivity index (χ4v) is 2.64. The Hall–Kier alpha value is -1.47. The van der Waals surface area contributed by atoms with E-state index >= 15 is 0 Å². The van der Waals surface area contributed by atoms with Crippen molar-refractivity contribution in [2.24, 2.45) is 5.92 Å². The Morgan fingerprint density at radius 2 is 2.47 bits per heavy atom. The number of hydrogen-bond acceptors (Lipinski definition) is 4. The first-order valence-electron chi connectivity index (χ1n) is 5.30. The van der Waals surface area contributed by atoms with Crippen LogP contribution in [-0.4, -0.2) is 18.0 Å². The van der Waals surface area contributed by atoms with Gasteiger partial charge >= 0.3 is 5.97 Å². The lowest BCUT2D eigenvalue weighted by molar-refractivity contribution is -0.136. The summed E-state index contributed by atoms with van der Waals surface area (Å²) in [4.78, 5) is 10.6. The van der Waals surface area contributed by atoms with E-state index in [2.05, 4.69) is 6.07 Å². The highest BCUT2D eigenvalue weighted by molar-refractivity contribution is 6.27. The van der Waals surface area contributed by atoms with E-state index in [1.54, 1.807) is 6.92 Å². The van der Waals surface area contributed by atoms with Gasteiger partial charge in [0.25, 0.3) is 0 Å². The summed E-state index contributed by atoms with van der Waals surface area (Å²) >= 11 is 6.30. The van der Waals surface area contributed by atoms with Crippen molar-refractivity contribution in [2.75, 3.05) is 7.11 Å². The monoisotopic (exact) mass is 253 g/mol. The highest BCUT2D eigenvalue weighted by atomic mass is 35.5. The maximum Gasteiger partial charge on any atom is 0.338 e. The number of fused-ring (bicyclic) bond motifs is 1. The molecule has 0 radical (unpaired) electrons. The van der Waals surface area contributed by atoms with Gasteiger partial charge in [-0.1, -0.05) is 0 Å². The highest BCUT2D eigenvalue weighted by Gasteiger charge is 2.51. The van der Waals surface area contributed by atoms with Crippen molar-refractivity contribution < 1.29 is 14.3 Å². The second kappa shape index (κ2) is 4.08. The standard InChI is InChI=1S/C12H12ClNO3/c1-7-9(11(15)16-2)10-8(17-7)4-3-5-12(10,13)6-14/h4,10H,3,5H2,1-2H3. The van der Waals surface area contributed by atoms with E-state index in [-0.39, 0.29) is 0 Å². The molecule has 17 heavy (non-hydrogen) atoms. The van der Waals surface area contributed by atoms with Crippen LogP contribution >= 0.6 is 11.6 Å². The summed E-state index contributed by atoms with van der Waals surface area (Å²) in [5.74, 6) is 0.0504. The lowest BCUT2D eigenvalue weighted by atomic mass is 9.78. The van der Waals surface area contributed by atoms with Crippen LogP contribution < -0.4 is 0 Å². The number of rotatable bonds is 1. The Kier molecular flexibility index (Phi) is 2.88.